The molecular weight excluding hydrogens is 254 g/mol. The Hall–Kier alpha value is -1.55. The Morgan fingerprint density at radius 3 is 2.70 bits per heavy atom. The number of carbonyl (C=O) groups excluding carboxylic acids is 1. The van der Waals surface area contributed by atoms with Crippen LogP contribution in [0.5, 0.6) is 5.75 Å². The van der Waals surface area contributed by atoms with E-state index in [0.717, 1.165) is 18.4 Å². The Labute approximate surface area is 120 Å². The van der Waals surface area contributed by atoms with Crippen LogP contribution in [0.1, 0.15) is 51.2 Å². The van der Waals surface area contributed by atoms with Gasteiger partial charge in [0.15, 0.2) is 6.10 Å². The first kappa shape index (κ1) is 14.9. The molecule has 1 aliphatic rings. The number of aliphatic hydroxyl groups excluding tert-OH is 1. The minimum absolute atomic E-state index is 0.0700. The van der Waals surface area contributed by atoms with Gasteiger partial charge in [0, 0.05) is 6.04 Å². The molecule has 0 aliphatic heterocycles. The Morgan fingerprint density at radius 2 is 2.05 bits per heavy atom. The van der Waals surface area contributed by atoms with Gasteiger partial charge in [-0.1, -0.05) is 25.0 Å². The monoisotopic (exact) mass is 277 g/mol. The molecule has 1 aromatic carbocycles. The first-order valence-corrected chi connectivity index (χ1v) is 7.31. The molecule has 1 saturated carbocycles. The lowest BCUT2D eigenvalue weighted by Crippen LogP contribution is -2.41. The maximum absolute atomic E-state index is 12.0. The molecule has 0 aromatic heterocycles. The fraction of sp³-hybridized carbons (Fsp3) is 0.562. The zero-order valence-electron chi connectivity index (χ0n) is 12.1. The standard InChI is InChI=1S/C16H23NO3/c1-11(18)13-6-5-9-15(10-13)20-12(2)16(19)17-14-7-3-4-8-14/h5-6,9-12,14,18H,3-4,7-8H2,1-2H3,(H,17,19)/t11-,12?/m1/s1. The third-order valence-electron chi connectivity index (χ3n) is 3.72. The molecular formula is C16H23NO3. The summed E-state index contributed by atoms with van der Waals surface area (Å²) in [6.07, 6.45) is 3.44. The van der Waals surface area contributed by atoms with Crippen molar-refractivity contribution in [3.63, 3.8) is 0 Å². The van der Waals surface area contributed by atoms with Gasteiger partial charge in [0.1, 0.15) is 5.75 Å². The van der Waals surface area contributed by atoms with Crippen LogP contribution in [-0.4, -0.2) is 23.2 Å². The van der Waals surface area contributed by atoms with E-state index in [0.29, 0.717) is 11.8 Å². The topological polar surface area (TPSA) is 58.6 Å². The van der Waals surface area contributed by atoms with Crippen molar-refractivity contribution in [2.24, 2.45) is 0 Å². The van der Waals surface area contributed by atoms with Crippen molar-refractivity contribution in [2.75, 3.05) is 0 Å². The molecule has 2 atom stereocenters. The van der Waals surface area contributed by atoms with Crippen molar-refractivity contribution in [1.82, 2.24) is 5.32 Å². The van der Waals surface area contributed by atoms with E-state index in [2.05, 4.69) is 5.32 Å². The van der Waals surface area contributed by atoms with Crippen molar-refractivity contribution in [3.8, 4) is 5.75 Å². The van der Waals surface area contributed by atoms with Crippen LogP contribution in [0.3, 0.4) is 0 Å². The highest BCUT2D eigenvalue weighted by molar-refractivity contribution is 5.81. The molecule has 1 aromatic rings. The largest absolute Gasteiger partial charge is 0.481 e. The summed E-state index contributed by atoms with van der Waals surface area (Å²) in [4.78, 5) is 12.0. The number of aliphatic hydroxyl groups is 1. The number of benzene rings is 1. The first-order valence-electron chi connectivity index (χ1n) is 7.31. The average molecular weight is 277 g/mol. The van der Waals surface area contributed by atoms with E-state index in [4.69, 9.17) is 4.74 Å². The fourth-order valence-electron chi connectivity index (χ4n) is 2.49. The summed E-state index contributed by atoms with van der Waals surface area (Å²) in [6.45, 7) is 3.45. The van der Waals surface area contributed by atoms with E-state index in [1.165, 1.54) is 12.8 Å². The van der Waals surface area contributed by atoms with E-state index in [9.17, 15) is 9.90 Å². The van der Waals surface area contributed by atoms with Gasteiger partial charge < -0.3 is 15.2 Å². The number of carbonyl (C=O) groups is 1. The van der Waals surface area contributed by atoms with Crippen LogP contribution in [0.15, 0.2) is 24.3 Å². The van der Waals surface area contributed by atoms with Gasteiger partial charge in [0.2, 0.25) is 0 Å². The summed E-state index contributed by atoms with van der Waals surface area (Å²) in [5.74, 6) is 0.539. The Morgan fingerprint density at radius 1 is 1.35 bits per heavy atom. The van der Waals surface area contributed by atoms with Gasteiger partial charge in [0.05, 0.1) is 6.10 Å². The molecule has 20 heavy (non-hydrogen) atoms. The molecule has 1 unspecified atom stereocenters. The predicted molar refractivity (Wildman–Crippen MR) is 77.6 cm³/mol. The van der Waals surface area contributed by atoms with Gasteiger partial charge >= 0.3 is 0 Å². The van der Waals surface area contributed by atoms with Crippen LogP contribution in [-0.2, 0) is 4.79 Å². The second-order valence-corrected chi connectivity index (χ2v) is 5.50. The highest BCUT2D eigenvalue weighted by atomic mass is 16.5. The molecule has 1 fully saturated rings. The smallest absolute Gasteiger partial charge is 0.260 e. The minimum Gasteiger partial charge on any atom is -0.481 e. The molecule has 110 valence electrons. The summed E-state index contributed by atoms with van der Waals surface area (Å²) < 4.78 is 5.65. The van der Waals surface area contributed by atoms with Crippen LogP contribution in [0, 0.1) is 0 Å². The molecule has 1 amide bonds. The molecule has 0 radical (unpaired) electrons. The number of nitrogens with one attached hydrogen (secondary N) is 1. The molecule has 4 heteroatoms. The molecule has 2 rings (SSSR count). The van der Waals surface area contributed by atoms with Gasteiger partial charge in [0.25, 0.3) is 5.91 Å². The van der Waals surface area contributed by atoms with Crippen LogP contribution in [0.2, 0.25) is 0 Å². The molecule has 1 aliphatic carbocycles. The summed E-state index contributed by atoms with van der Waals surface area (Å²) >= 11 is 0. The van der Waals surface area contributed by atoms with Gasteiger partial charge in [-0.3, -0.25) is 4.79 Å². The molecule has 0 bridgehead atoms. The van der Waals surface area contributed by atoms with E-state index in [-0.39, 0.29) is 5.91 Å². The molecule has 0 spiro atoms. The quantitative estimate of drug-likeness (QED) is 0.869. The van der Waals surface area contributed by atoms with Crippen LogP contribution in [0.4, 0.5) is 0 Å². The molecule has 4 nitrogen and oxygen atoms in total. The van der Waals surface area contributed by atoms with Crippen molar-refractivity contribution < 1.29 is 14.6 Å². The Balaban J connectivity index is 1.91. The Kier molecular flexibility index (Phi) is 5.01. The van der Waals surface area contributed by atoms with Gasteiger partial charge in [-0.25, -0.2) is 0 Å². The van der Waals surface area contributed by atoms with E-state index in [1.807, 2.05) is 12.1 Å². The Bertz CT molecular complexity index is 453. The minimum atomic E-state index is -0.541. The van der Waals surface area contributed by atoms with Gasteiger partial charge in [-0.2, -0.15) is 0 Å². The van der Waals surface area contributed by atoms with Crippen LogP contribution in [0.25, 0.3) is 0 Å². The number of ether oxygens (including phenoxy) is 1. The molecule has 2 N–H and O–H groups in total. The second kappa shape index (κ2) is 6.75. The zero-order chi connectivity index (χ0) is 14.5. The number of amides is 1. The van der Waals surface area contributed by atoms with Gasteiger partial charge in [-0.05, 0) is 44.4 Å². The number of hydrogen-bond acceptors (Lipinski definition) is 3. The highest BCUT2D eigenvalue weighted by Gasteiger charge is 2.21. The summed E-state index contributed by atoms with van der Waals surface area (Å²) in [5, 5.41) is 12.6. The fourth-order valence-corrected chi connectivity index (χ4v) is 2.49. The molecule has 0 saturated heterocycles. The SMILES string of the molecule is CC(Oc1cccc([C@@H](C)O)c1)C(=O)NC1CCCC1. The van der Waals surface area contributed by atoms with E-state index < -0.39 is 12.2 Å². The van der Waals surface area contributed by atoms with Crippen molar-refractivity contribution in [3.05, 3.63) is 29.8 Å². The lowest BCUT2D eigenvalue weighted by molar-refractivity contribution is -0.127. The first-order chi connectivity index (χ1) is 9.56. The zero-order valence-corrected chi connectivity index (χ0v) is 12.1. The number of hydrogen-bond donors (Lipinski definition) is 2. The van der Waals surface area contributed by atoms with Crippen LogP contribution >= 0.6 is 0 Å². The van der Waals surface area contributed by atoms with Crippen LogP contribution < -0.4 is 10.1 Å². The van der Waals surface area contributed by atoms with E-state index in [1.54, 1.807) is 26.0 Å². The highest BCUT2D eigenvalue weighted by Crippen LogP contribution is 2.21. The van der Waals surface area contributed by atoms with Crippen molar-refractivity contribution in [2.45, 2.75) is 57.8 Å². The summed E-state index contributed by atoms with van der Waals surface area (Å²) in [5.41, 5.74) is 0.783. The van der Waals surface area contributed by atoms with Gasteiger partial charge in [-0.15, -0.1) is 0 Å². The number of rotatable bonds is 5. The van der Waals surface area contributed by atoms with E-state index >= 15 is 0 Å². The van der Waals surface area contributed by atoms with Crippen molar-refractivity contribution in [1.29, 1.82) is 0 Å². The average Bonchev–Trinajstić information content (AvgIpc) is 2.91. The third-order valence-corrected chi connectivity index (χ3v) is 3.72. The lowest BCUT2D eigenvalue weighted by atomic mass is 10.1. The third kappa shape index (κ3) is 3.97. The lowest BCUT2D eigenvalue weighted by Gasteiger charge is -2.18. The maximum Gasteiger partial charge on any atom is 0.260 e. The predicted octanol–water partition coefficient (Wildman–Crippen LogP) is 2.57. The summed E-state index contributed by atoms with van der Waals surface area (Å²) in [7, 11) is 0. The van der Waals surface area contributed by atoms with Crippen molar-refractivity contribution >= 4 is 5.91 Å². The summed E-state index contributed by atoms with van der Waals surface area (Å²) in [6, 6.07) is 7.52. The molecule has 0 heterocycles. The maximum atomic E-state index is 12.0. The normalized spacial score (nSPS) is 18.6. The second-order valence-electron chi connectivity index (χ2n) is 5.50.